The fraction of sp³-hybridized carbons (Fsp3) is 0.353. The normalized spacial score (nSPS) is 12.2. The minimum atomic E-state index is 0.150. The summed E-state index contributed by atoms with van der Waals surface area (Å²) in [7, 11) is 0. The Morgan fingerprint density at radius 2 is 1.95 bits per heavy atom. The monoisotopic (exact) mass is 348 g/mol. The summed E-state index contributed by atoms with van der Waals surface area (Å²) in [6.45, 7) is 6.07. The molecule has 3 nitrogen and oxygen atoms in total. The van der Waals surface area contributed by atoms with Crippen LogP contribution < -0.4 is 10.5 Å². The molecule has 0 amide bonds. The first kappa shape index (κ1) is 16.0. The molecule has 0 aliphatic heterocycles. The van der Waals surface area contributed by atoms with E-state index in [0.29, 0.717) is 0 Å². The molecular formula is C17H21BrN2O. The lowest BCUT2D eigenvalue weighted by Gasteiger charge is -2.13. The molecule has 0 fully saturated rings. The van der Waals surface area contributed by atoms with Gasteiger partial charge in [-0.05, 0) is 72.4 Å². The van der Waals surface area contributed by atoms with Crippen molar-refractivity contribution in [3.05, 3.63) is 51.8 Å². The van der Waals surface area contributed by atoms with E-state index in [1.54, 1.807) is 0 Å². The molecule has 0 aliphatic carbocycles. The summed E-state index contributed by atoms with van der Waals surface area (Å²) in [6, 6.07) is 10.2. The zero-order valence-electron chi connectivity index (χ0n) is 12.7. The number of nitrogens with zero attached hydrogens (tertiary/aromatic N) is 1. The van der Waals surface area contributed by atoms with Crippen LogP contribution in [0.2, 0.25) is 0 Å². The Labute approximate surface area is 134 Å². The van der Waals surface area contributed by atoms with Crippen LogP contribution in [0.15, 0.2) is 34.8 Å². The van der Waals surface area contributed by atoms with Crippen molar-refractivity contribution in [2.24, 2.45) is 5.73 Å². The van der Waals surface area contributed by atoms with Crippen LogP contribution in [0.1, 0.15) is 30.8 Å². The molecule has 0 aliphatic rings. The number of rotatable bonds is 5. The third-order valence-electron chi connectivity index (χ3n) is 3.18. The van der Waals surface area contributed by atoms with E-state index in [-0.39, 0.29) is 6.04 Å². The van der Waals surface area contributed by atoms with E-state index >= 15 is 0 Å². The maximum atomic E-state index is 6.01. The van der Waals surface area contributed by atoms with Gasteiger partial charge in [0.25, 0.3) is 0 Å². The Hall–Kier alpha value is -1.39. The van der Waals surface area contributed by atoms with Crippen LogP contribution in [-0.2, 0) is 12.8 Å². The second kappa shape index (κ2) is 7.05. The van der Waals surface area contributed by atoms with Gasteiger partial charge < -0.3 is 10.5 Å². The van der Waals surface area contributed by atoms with Gasteiger partial charge in [-0.25, -0.2) is 0 Å². The summed E-state index contributed by atoms with van der Waals surface area (Å²) < 4.78 is 6.94. The van der Waals surface area contributed by atoms with Gasteiger partial charge in [-0.1, -0.05) is 13.0 Å². The van der Waals surface area contributed by atoms with E-state index in [1.165, 1.54) is 5.56 Å². The molecular weight excluding hydrogens is 328 g/mol. The number of aromatic nitrogens is 1. The van der Waals surface area contributed by atoms with Crippen LogP contribution in [0.4, 0.5) is 0 Å². The Balaban J connectivity index is 2.24. The number of aryl methyl sites for hydroxylation is 2. The minimum Gasteiger partial charge on any atom is -0.454 e. The van der Waals surface area contributed by atoms with Crippen LogP contribution in [-0.4, -0.2) is 11.0 Å². The van der Waals surface area contributed by atoms with Gasteiger partial charge in [0.2, 0.25) is 0 Å². The van der Waals surface area contributed by atoms with E-state index in [2.05, 4.69) is 40.0 Å². The second-order valence-corrected chi connectivity index (χ2v) is 6.15. The molecule has 0 radical (unpaired) electrons. The van der Waals surface area contributed by atoms with Gasteiger partial charge >= 0.3 is 0 Å². The molecule has 21 heavy (non-hydrogen) atoms. The number of ether oxygens (including phenoxy) is 1. The van der Waals surface area contributed by atoms with Crippen molar-refractivity contribution in [2.45, 2.75) is 39.7 Å². The van der Waals surface area contributed by atoms with Crippen molar-refractivity contribution in [3.63, 3.8) is 0 Å². The molecule has 1 aromatic heterocycles. The predicted molar refractivity (Wildman–Crippen MR) is 89.9 cm³/mol. The molecule has 1 atom stereocenters. The van der Waals surface area contributed by atoms with Crippen LogP contribution >= 0.6 is 15.9 Å². The summed E-state index contributed by atoms with van der Waals surface area (Å²) in [5, 5.41) is 0. The molecule has 0 spiro atoms. The highest BCUT2D eigenvalue weighted by atomic mass is 79.9. The van der Waals surface area contributed by atoms with Gasteiger partial charge in [-0.15, -0.1) is 0 Å². The number of hydrogen-bond acceptors (Lipinski definition) is 3. The highest BCUT2D eigenvalue weighted by molar-refractivity contribution is 9.10. The van der Waals surface area contributed by atoms with Crippen molar-refractivity contribution < 1.29 is 4.74 Å². The lowest BCUT2D eigenvalue weighted by molar-refractivity contribution is 0.469. The fourth-order valence-electron chi connectivity index (χ4n) is 2.19. The topological polar surface area (TPSA) is 48.1 Å². The van der Waals surface area contributed by atoms with Crippen molar-refractivity contribution >= 4 is 15.9 Å². The molecule has 0 bridgehead atoms. The third-order valence-corrected chi connectivity index (χ3v) is 3.80. The lowest BCUT2D eigenvalue weighted by atomic mass is 10.1. The number of benzene rings is 1. The quantitative estimate of drug-likeness (QED) is 0.871. The van der Waals surface area contributed by atoms with Gasteiger partial charge in [0.15, 0.2) is 0 Å². The van der Waals surface area contributed by atoms with E-state index in [4.69, 9.17) is 10.5 Å². The molecule has 2 aromatic rings. The molecule has 0 saturated carbocycles. The molecule has 2 rings (SSSR count). The summed E-state index contributed by atoms with van der Waals surface area (Å²) >= 11 is 3.57. The fourth-order valence-corrected chi connectivity index (χ4v) is 2.70. The highest BCUT2D eigenvalue weighted by Gasteiger charge is 2.09. The molecule has 1 aromatic carbocycles. The van der Waals surface area contributed by atoms with Gasteiger partial charge in [0.1, 0.15) is 11.5 Å². The zero-order chi connectivity index (χ0) is 15.4. The minimum absolute atomic E-state index is 0.150. The molecule has 112 valence electrons. The van der Waals surface area contributed by atoms with E-state index in [0.717, 1.165) is 40.2 Å². The van der Waals surface area contributed by atoms with E-state index < -0.39 is 0 Å². The van der Waals surface area contributed by atoms with Crippen molar-refractivity contribution in [1.82, 2.24) is 4.98 Å². The number of nitrogens with two attached hydrogens (primary N) is 1. The summed E-state index contributed by atoms with van der Waals surface area (Å²) in [5.74, 6) is 1.60. The lowest BCUT2D eigenvalue weighted by Crippen LogP contribution is -2.17. The first-order chi connectivity index (χ1) is 9.99. The first-order valence-corrected chi connectivity index (χ1v) is 7.97. The third kappa shape index (κ3) is 4.29. The maximum absolute atomic E-state index is 6.01. The number of pyridine rings is 1. The van der Waals surface area contributed by atoms with E-state index in [9.17, 15) is 0 Å². The van der Waals surface area contributed by atoms with Crippen molar-refractivity contribution in [3.8, 4) is 11.5 Å². The molecule has 1 heterocycles. The SMILES string of the molecule is CCc1nc(C)ccc1Oc1ccc(CC(C)N)cc1Br. The van der Waals surface area contributed by atoms with Gasteiger partial charge in [0.05, 0.1) is 10.2 Å². The Kier molecular flexibility index (Phi) is 5.37. The largest absolute Gasteiger partial charge is 0.454 e. The standard InChI is InChI=1S/C17H21BrN2O/c1-4-15-17(7-5-12(3)20-15)21-16-8-6-13(9-11(2)19)10-14(16)18/h5-8,10-11H,4,9,19H2,1-3H3. The number of halogens is 1. The summed E-state index contributed by atoms with van der Waals surface area (Å²) in [4.78, 5) is 4.52. The van der Waals surface area contributed by atoms with Crippen LogP contribution in [0.5, 0.6) is 11.5 Å². The smallest absolute Gasteiger partial charge is 0.148 e. The van der Waals surface area contributed by atoms with Gasteiger partial charge in [-0.3, -0.25) is 4.98 Å². The van der Waals surface area contributed by atoms with Crippen LogP contribution in [0.25, 0.3) is 0 Å². The Bertz CT molecular complexity index is 626. The number of hydrogen-bond donors (Lipinski definition) is 1. The molecule has 0 saturated heterocycles. The maximum Gasteiger partial charge on any atom is 0.148 e. The zero-order valence-corrected chi connectivity index (χ0v) is 14.3. The van der Waals surface area contributed by atoms with E-state index in [1.807, 2.05) is 32.0 Å². The van der Waals surface area contributed by atoms with Crippen LogP contribution in [0, 0.1) is 6.92 Å². The van der Waals surface area contributed by atoms with Gasteiger partial charge in [0, 0.05) is 11.7 Å². The van der Waals surface area contributed by atoms with Gasteiger partial charge in [-0.2, -0.15) is 0 Å². The summed E-state index contributed by atoms with van der Waals surface area (Å²) in [5.41, 5.74) is 9.01. The highest BCUT2D eigenvalue weighted by Crippen LogP contribution is 2.32. The Morgan fingerprint density at radius 1 is 1.24 bits per heavy atom. The molecule has 1 unspecified atom stereocenters. The Morgan fingerprint density at radius 3 is 2.57 bits per heavy atom. The molecule has 4 heteroatoms. The van der Waals surface area contributed by atoms with Crippen molar-refractivity contribution in [2.75, 3.05) is 0 Å². The van der Waals surface area contributed by atoms with Crippen molar-refractivity contribution in [1.29, 1.82) is 0 Å². The second-order valence-electron chi connectivity index (χ2n) is 5.30. The molecule has 2 N–H and O–H groups in total. The first-order valence-electron chi connectivity index (χ1n) is 7.18. The average molecular weight is 349 g/mol. The van der Waals surface area contributed by atoms with Crippen LogP contribution in [0.3, 0.4) is 0 Å². The summed E-state index contributed by atoms with van der Waals surface area (Å²) in [6.07, 6.45) is 1.70. The predicted octanol–water partition coefficient (Wildman–Crippen LogP) is 4.40. The average Bonchev–Trinajstić information content (AvgIpc) is 2.42.